The summed E-state index contributed by atoms with van der Waals surface area (Å²) in [5, 5.41) is 0. The Balaban J connectivity index is 1.77. The number of hydrogen-bond donors (Lipinski definition) is 0. The van der Waals surface area contributed by atoms with Crippen molar-refractivity contribution in [3.8, 4) is 0 Å². The van der Waals surface area contributed by atoms with Gasteiger partial charge in [-0.2, -0.15) is 0 Å². The van der Waals surface area contributed by atoms with Crippen LogP contribution in [-0.2, 0) is 11.2 Å². The van der Waals surface area contributed by atoms with Gasteiger partial charge in [-0.15, -0.1) is 0 Å². The predicted molar refractivity (Wildman–Crippen MR) is 89.7 cm³/mol. The van der Waals surface area contributed by atoms with Crippen LogP contribution in [0.15, 0.2) is 30.3 Å². The highest BCUT2D eigenvalue weighted by Gasteiger charge is 2.51. The number of carbonyl (C=O) groups is 1. The fourth-order valence-corrected chi connectivity index (χ4v) is 4.41. The van der Waals surface area contributed by atoms with Crippen molar-refractivity contribution < 1.29 is 4.79 Å². The number of benzene rings is 1. The third kappa shape index (κ3) is 2.56. The standard InChI is InChI=1S/C19H28N2O/c1-20(2)19(15-16-7-5-4-6-8-16)11-9-18(10-12-19)13-14-21(3)17(18)22/h4-8H,9-15H2,1-3H3. The van der Waals surface area contributed by atoms with E-state index in [1.54, 1.807) is 0 Å². The minimum Gasteiger partial charge on any atom is -0.345 e. The van der Waals surface area contributed by atoms with Crippen LogP contribution in [0.1, 0.15) is 37.7 Å². The Morgan fingerprint density at radius 1 is 1.05 bits per heavy atom. The summed E-state index contributed by atoms with van der Waals surface area (Å²) in [6, 6.07) is 10.8. The second-order valence-electron chi connectivity index (χ2n) is 7.54. The third-order valence-corrected chi connectivity index (χ3v) is 6.19. The summed E-state index contributed by atoms with van der Waals surface area (Å²) in [5.74, 6) is 0.388. The van der Waals surface area contributed by atoms with E-state index in [4.69, 9.17) is 0 Å². The molecule has 1 aromatic carbocycles. The number of likely N-dealkylation sites (tertiary alicyclic amines) is 1. The van der Waals surface area contributed by atoms with Crippen LogP contribution in [0.2, 0.25) is 0 Å². The van der Waals surface area contributed by atoms with Gasteiger partial charge in [-0.1, -0.05) is 30.3 Å². The second kappa shape index (κ2) is 5.69. The Bertz CT molecular complexity index is 530. The van der Waals surface area contributed by atoms with Crippen molar-refractivity contribution in [1.82, 2.24) is 9.80 Å². The smallest absolute Gasteiger partial charge is 0.228 e. The monoisotopic (exact) mass is 300 g/mol. The molecule has 0 aromatic heterocycles. The van der Waals surface area contributed by atoms with Gasteiger partial charge in [0.15, 0.2) is 0 Å². The molecular formula is C19H28N2O. The maximum Gasteiger partial charge on any atom is 0.228 e. The average Bonchev–Trinajstić information content (AvgIpc) is 2.80. The zero-order chi connectivity index (χ0) is 15.8. The number of amides is 1. The molecule has 2 fully saturated rings. The minimum atomic E-state index is -0.0506. The summed E-state index contributed by atoms with van der Waals surface area (Å²) in [4.78, 5) is 16.9. The average molecular weight is 300 g/mol. The van der Waals surface area contributed by atoms with Gasteiger partial charge in [0.05, 0.1) is 5.41 Å². The molecule has 2 aliphatic rings. The molecule has 22 heavy (non-hydrogen) atoms. The fraction of sp³-hybridized carbons (Fsp3) is 0.632. The van der Waals surface area contributed by atoms with Gasteiger partial charge in [-0.05, 0) is 58.2 Å². The molecule has 0 N–H and O–H groups in total. The van der Waals surface area contributed by atoms with E-state index in [2.05, 4.69) is 49.3 Å². The van der Waals surface area contributed by atoms with Gasteiger partial charge >= 0.3 is 0 Å². The third-order valence-electron chi connectivity index (χ3n) is 6.19. The van der Waals surface area contributed by atoms with Gasteiger partial charge in [-0.25, -0.2) is 0 Å². The largest absolute Gasteiger partial charge is 0.345 e. The summed E-state index contributed by atoms with van der Waals surface area (Å²) in [7, 11) is 6.35. The van der Waals surface area contributed by atoms with Crippen molar-refractivity contribution >= 4 is 5.91 Å². The molecule has 0 unspecified atom stereocenters. The first kappa shape index (κ1) is 15.5. The number of hydrogen-bond acceptors (Lipinski definition) is 2. The number of rotatable bonds is 3. The highest BCUT2D eigenvalue weighted by Crippen LogP contribution is 2.49. The van der Waals surface area contributed by atoms with Crippen LogP contribution in [-0.4, -0.2) is 48.9 Å². The molecule has 1 aromatic rings. The molecule has 1 aliphatic carbocycles. The van der Waals surface area contributed by atoms with E-state index in [9.17, 15) is 4.79 Å². The van der Waals surface area contributed by atoms with Crippen molar-refractivity contribution in [2.45, 2.75) is 44.1 Å². The Morgan fingerprint density at radius 2 is 1.68 bits per heavy atom. The molecule has 1 heterocycles. The molecular weight excluding hydrogens is 272 g/mol. The van der Waals surface area contributed by atoms with Gasteiger partial charge < -0.3 is 9.80 Å². The lowest BCUT2D eigenvalue weighted by molar-refractivity contribution is -0.138. The summed E-state index contributed by atoms with van der Waals surface area (Å²) >= 11 is 0. The van der Waals surface area contributed by atoms with Crippen molar-refractivity contribution in [3.63, 3.8) is 0 Å². The lowest BCUT2D eigenvalue weighted by Crippen LogP contribution is -2.52. The van der Waals surface area contributed by atoms with Crippen molar-refractivity contribution in [2.24, 2.45) is 5.41 Å². The SMILES string of the molecule is CN1CCC2(CCC(Cc3ccccc3)(N(C)C)CC2)C1=O. The van der Waals surface area contributed by atoms with Crippen LogP contribution in [0.25, 0.3) is 0 Å². The van der Waals surface area contributed by atoms with Crippen LogP contribution in [0.5, 0.6) is 0 Å². The molecule has 3 rings (SSSR count). The molecule has 1 aliphatic heterocycles. The lowest BCUT2D eigenvalue weighted by atomic mass is 9.64. The lowest BCUT2D eigenvalue weighted by Gasteiger charge is -2.48. The van der Waals surface area contributed by atoms with E-state index in [-0.39, 0.29) is 11.0 Å². The molecule has 3 nitrogen and oxygen atoms in total. The van der Waals surface area contributed by atoms with Crippen LogP contribution >= 0.6 is 0 Å². The van der Waals surface area contributed by atoms with Gasteiger partial charge in [0, 0.05) is 19.1 Å². The van der Waals surface area contributed by atoms with E-state index in [0.717, 1.165) is 45.1 Å². The first-order chi connectivity index (χ1) is 10.5. The first-order valence-corrected chi connectivity index (χ1v) is 8.44. The van der Waals surface area contributed by atoms with Crippen molar-refractivity contribution in [3.05, 3.63) is 35.9 Å². The molecule has 0 radical (unpaired) electrons. The zero-order valence-corrected chi connectivity index (χ0v) is 14.1. The zero-order valence-electron chi connectivity index (χ0n) is 14.1. The molecule has 0 atom stereocenters. The Labute approximate surface area is 134 Å². The maximum atomic E-state index is 12.5. The normalized spacial score (nSPS) is 32.2. The van der Waals surface area contributed by atoms with E-state index in [1.807, 2.05) is 11.9 Å². The number of nitrogens with zero attached hydrogens (tertiary/aromatic N) is 2. The molecule has 1 saturated carbocycles. The first-order valence-electron chi connectivity index (χ1n) is 8.44. The van der Waals surface area contributed by atoms with E-state index in [0.29, 0.717) is 5.91 Å². The summed E-state index contributed by atoms with van der Waals surface area (Å²) in [6.07, 6.45) is 6.46. The summed E-state index contributed by atoms with van der Waals surface area (Å²) in [5.41, 5.74) is 1.56. The Hall–Kier alpha value is -1.35. The maximum absolute atomic E-state index is 12.5. The molecule has 3 heteroatoms. The molecule has 1 amide bonds. The van der Waals surface area contributed by atoms with Crippen LogP contribution in [0.3, 0.4) is 0 Å². The van der Waals surface area contributed by atoms with Gasteiger partial charge in [0.1, 0.15) is 0 Å². The van der Waals surface area contributed by atoms with Crippen LogP contribution in [0.4, 0.5) is 0 Å². The van der Waals surface area contributed by atoms with Crippen LogP contribution < -0.4 is 0 Å². The predicted octanol–water partition coefficient (Wildman–Crippen LogP) is 2.95. The van der Waals surface area contributed by atoms with Gasteiger partial charge in [0.2, 0.25) is 5.91 Å². The van der Waals surface area contributed by atoms with Crippen LogP contribution in [0, 0.1) is 5.41 Å². The Morgan fingerprint density at radius 3 is 2.18 bits per heavy atom. The molecule has 1 saturated heterocycles. The van der Waals surface area contributed by atoms with Gasteiger partial charge in [0.25, 0.3) is 0 Å². The molecule has 0 bridgehead atoms. The molecule has 120 valence electrons. The quantitative estimate of drug-likeness (QED) is 0.857. The Kier molecular flexibility index (Phi) is 4.02. The van der Waals surface area contributed by atoms with E-state index in [1.165, 1.54) is 5.56 Å². The van der Waals surface area contributed by atoms with E-state index < -0.39 is 0 Å². The fourth-order valence-electron chi connectivity index (χ4n) is 4.41. The van der Waals surface area contributed by atoms with Crippen molar-refractivity contribution in [1.29, 1.82) is 0 Å². The van der Waals surface area contributed by atoms with Crippen molar-refractivity contribution in [2.75, 3.05) is 27.7 Å². The highest BCUT2D eigenvalue weighted by atomic mass is 16.2. The summed E-state index contributed by atoms with van der Waals surface area (Å²) in [6.45, 7) is 0.937. The molecule has 1 spiro atoms. The number of carbonyl (C=O) groups excluding carboxylic acids is 1. The highest BCUT2D eigenvalue weighted by molar-refractivity contribution is 5.84. The van der Waals surface area contributed by atoms with E-state index >= 15 is 0 Å². The summed E-state index contributed by atoms with van der Waals surface area (Å²) < 4.78 is 0. The number of likely N-dealkylation sites (N-methyl/N-ethyl adjacent to an activating group) is 1. The van der Waals surface area contributed by atoms with Gasteiger partial charge in [-0.3, -0.25) is 4.79 Å². The minimum absolute atomic E-state index is 0.0506. The topological polar surface area (TPSA) is 23.6 Å². The second-order valence-corrected chi connectivity index (χ2v) is 7.54.